The van der Waals surface area contributed by atoms with Crippen LogP contribution in [0.25, 0.3) is 0 Å². The number of halogens is 1. The molecule has 1 aliphatic carbocycles. The molecule has 0 spiro atoms. The minimum absolute atomic E-state index is 0.100. The number of nitrogens with zero attached hydrogens (tertiary/aromatic N) is 3. The highest BCUT2D eigenvalue weighted by Gasteiger charge is 2.36. The molecular weight excluding hydrogens is 403 g/mol. The van der Waals surface area contributed by atoms with Crippen LogP contribution >= 0.6 is 11.8 Å². The molecule has 0 fully saturated rings. The Morgan fingerprint density at radius 1 is 1.17 bits per heavy atom. The third kappa shape index (κ3) is 3.37. The predicted octanol–water partition coefficient (Wildman–Crippen LogP) is 4.44. The molecule has 152 valence electrons. The summed E-state index contributed by atoms with van der Waals surface area (Å²) in [6.45, 7) is 0. The normalized spacial score (nSPS) is 18.0. The van der Waals surface area contributed by atoms with Gasteiger partial charge < -0.3 is 10.4 Å². The largest absolute Gasteiger partial charge is 0.508 e. The number of rotatable bonds is 4. The summed E-state index contributed by atoms with van der Waals surface area (Å²) in [4.78, 5) is 17.4. The number of carbonyl (C=O) groups is 1. The van der Waals surface area contributed by atoms with E-state index in [1.165, 1.54) is 17.8 Å². The number of carbonyl (C=O) groups excluding carboxylic acids is 1. The number of anilines is 1. The van der Waals surface area contributed by atoms with Crippen molar-refractivity contribution in [3.05, 3.63) is 76.7 Å². The van der Waals surface area contributed by atoms with Crippen molar-refractivity contribution in [3.8, 4) is 5.75 Å². The van der Waals surface area contributed by atoms with Crippen LogP contribution in [-0.2, 0) is 10.5 Å². The van der Waals surface area contributed by atoms with Gasteiger partial charge in [0.15, 0.2) is 5.78 Å². The Morgan fingerprint density at radius 2 is 1.97 bits per heavy atom. The van der Waals surface area contributed by atoms with Crippen LogP contribution in [0.1, 0.15) is 36.4 Å². The monoisotopic (exact) mass is 422 g/mol. The first-order valence-corrected chi connectivity index (χ1v) is 10.7. The first-order chi connectivity index (χ1) is 14.6. The van der Waals surface area contributed by atoms with E-state index in [2.05, 4.69) is 15.4 Å². The number of Topliss-reactive ketones (excluding diaryl/α,β-unsaturated/α-hetero) is 1. The molecule has 2 N–H and O–H groups in total. The topological polar surface area (TPSA) is 80.0 Å². The minimum atomic E-state index is -0.403. The predicted molar refractivity (Wildman–Crippen MR) is 112 cm³/mol. The zero-order valence-electron chi connectivity index (χ0n) is 16.0. The van der Waals surface area contributed by atoms with Crippen LogP contribution in [-0.4, -0.2) is 25.7 Å². The molecular formula is C22H19FN4O2S. The molecule has 0 saturated heterocycles. The van der Waals surface area contributed by atoms with Crippen LogP contribution in [0.2, 0.25) is 0 Å². The van der Waals surface area contributed by atoms with E-state index in [4.69, 9.17) is 0 Å². The van der Waals surface area contributed by atoms with E-state index in [-0.39, 0.29) is 17.3 Å². The Kier molecular flexibility index (Phi) is 4.78. The number of hydrogen-bond donors (Lipinski definition) is 2. The zero-order valence-corrected chi connectivity index (χ0v) is 16.8. The second kappa shape index (κ2) is 7.60. The molecule has 1 atom stereocenters. The molecule has 2 heterocycles. The molecule has 2 aliphatic rings. The van der Waals surface area contributed by atoms with Gasteiger partial charge in [0, 0.05) is 23.4 Å². The summed E-state index contributed by atoms with van der Waals surface area (Å²) in [5, 5.41) is 18.1. The number of fused-ring (bicyclic) bond motifs is 1. The molecule has 6 nitrogen and oxygen atoms in total. The molecule has 5 rings (SSSR count). The molecule has 0 radical (unpaired) electrons. The Balaban J connectivity index is 1.51. The van der Waals surface area contributed by atoms with Gasteiger partial charge in [0.05, 0.1) is 0 Å². The molecule has 3 aromatic rings. The minimum Gasteiger partial charge on any atom is -0.508 e. The zero-order chi connectivity index (χ0) is 20.7. The number of allylic oxidation sites excluding steroid dienone is 2. The van der Waals surface area contributed by atoms with E-state index in [0.717, 1.165) is 24.1 Å². The maximum absolute atomic E-state index is 13.9. The highest BCUT2D eigenvalue weighted by Crippen LogP contribution is 2.41. The summed E-state index contributed by atoms with van der Waals surface area (Å²) in [5.41, 5.74) is 3.03. The van der Waals surface area contributed by atoms with E-state index in [0.29, 0.717) is 34.4 Å². The van der Waals surface area contributed by atoms with Crippen molar-refractivity contribution < 1.29 is 14.3 Å². The second-order valence-corrected chi connectivity index (χ2v) is 8.27. The first kappa shape index (κ1) is 18.9. The highest BCUT2D eigenvalue weighted by atomic mass is 32.2. The number of nitrogens with one attached hydrogen (secondary N) is 1. The molecule has 0 unspecified atom stereocenters. The van der Waals surface area contributed by atoms with Gasteiger partial charge in [-0.1, -0.05) is 42.1 Å². The standard InChI is InChI=1S/C22H19FN4O2S/c23-16-5-2-1-4-14(16)12-30-22-25-21-24-17-6-3-7-18(29)19(17)20(27(21)26-22)13-8-10-15(28)11-9-13/h1-2,4-5,8-11,20,28H,3,6-7,12H2,(H,24,25,26)/t20-/m1/s1. The number of aromatic hydroxyl groups is 1. The Labute approximate surface area is 176 Å². The Hall–Kier alpha value is -3.13. The summed E-state index contributed by atoms with van der Waals surface area (Å²) < 4.78 is 15.7. The van der Waals surface area contributed by atoms with Crippen molar-refractivity contribution in [1.82, 2.24) is 14.8 Å². The number of benzene rings is 2. The lowest BCUT2D eigenvalue weighted by molar-refractivity contribution is -0.116. The molecule has 0 saturated carbocycles. The van der Waals surface area contributed by atoms with Gasteiger partial charge in [0.25, 0.3) is 0 Å². The summed E-state index contributed by atoms with van der Waals surface area (Å²) in [5.74, 6) is 0.987. The summed E-state index contributed by atoms with van der Waals surface area (Å²) >= 11 is 1.35. The van der Waals surface area contributed by atoms with Crippen LogP contribution in [0.3, 0.4) is 0 Å². The van der Waals surface area contributed by atoms with E-state index < -0.39 is 6.04 Å². The van der Waals surface area contributed by atoms with Gasteiger partial charge in [-0.25, -0.2) is 9.07 Å². The van der Waals surface area contributed by atoms with Crippen molar-refractivity contribution in [3.63, 3.8) is 0 Å². The molecule has 1 aromatic heterocycles. The van der Waals surface area contributed by atoms with Gasteiger partial charge in [-0.15, -0.1) is 5.10 Å². The Morgan fingerprint density at radius 3 is 2.77 bits per heavy atom. The van der Waals surface area contributed by atoms with E-state index in [9.17, 15) is 14.3 Å². The van der Waals surface area contributed by atoms with Crippen LogP contribution < -0.4 is 5.32 Å². The number of phenols is 1. The molecule has 2 aromatic carbocycles. The lowest BCUT2D eigenvalue weighted by Crippen LogP contribution is -2.31. The third-order valence-electron chi connectivity index (χ3n) is 5.37. The van der Waals surface area contributed by atoms with Gasteiger partial charge in [-0.05, 0) is 42.2 Å². The second-order valence-electron chi connectivity index (χ2n) is 7.33. The first-order valence-electron chi connectivity index (χ1n) is 9.75. The van der Waals surface area contributed by atoms with Crippen LogP contribution in [0.5, 0.6) is 5.75 Å². The molecule has 0 amide bonds. The van der Waals surface area contributed by atoms with Crippen LogP contribution in [0.15, 0.2) is 65.0 Å². The maximum atomic E-state index is 13.9. The number of thioether (sulfide) groups is 1. The van der Waals surface area contributed by atoms with Gasteiger partial charge in [0.1, 0.15) is 17.6 Å². The summed E-state index contributed by atoms with van der Waals surface area (Å²) in [6, 6.07) is 13.1. The van der Waals surface area contributed by atoms with Gasteiger partial charge >= 0.3 is 0 Å². The summed E-state index contributed by atoms with van der Waals surface area (Å²) in [7, 11) is 0. The average molecular weight is 422 g/mol. The number of phenolic OH excluding ortho intramolecular Hbond substituents is 1. The van der Waals surface area contributed by atoms with E-state index in [1.54, 1.807) is 47.1 Å². The van der Waals surface area contributed by atoms with Gasteiger partial charge in [-0.3, -0.25) is 4.79 Å². The fourth-order valence-corrected chi connectivity index (χ4v) is 4.74. The highest BCUT2D eigenvalue weighted by molar-refractivity contribution is 7.98. The third-order valence-corrected chi connectivity index (χ3v) is 6.26. The van der Waals surface area contributed by atoms with Crippen molar-refractivity contribution in [1.29, 1.82) is 0 Å². The van der Waals surface area contributed by atoms with Crippen molar-refractivity contribution in [2.75, 3.05) is 5.32 Å². The van der Waals surface area contributed by atoms with Gasteiger partial charge in [-0.2, -0.15) is 4.98 Å². The number of ketones is 1. The van der Waals surface area contributed by atoms with Crippen molar-refractivity contribution in [2.24, 2.45) is 0 Å². The molecule has 1 aliphatic heterocycles. The number of hydrogen-bond acceptors (Lipinski definition) is 6. The van der Waals surface area contributed by atoms with Crippen molar-refractivity contribution >= 4 is 23.5 Å². The van der Waals surface area contributed by atoms with E-state index in [1.807, 2.05) is 0 Å². The lowest BCUT2D eigenvalue weighted by atomic mass is 9.85. The van der Waals surface area contributed by atoms with Crippen LogP contribution in [0.4, 0.5) is 10.3 Å². The lowest BCUT2D eigenvalue weighted by Gasteiger charge is -2.32. The summed E-state index contributed by atoms with van der Waals surface area (Å²) in [6.07, 6.45) is 2.09. The maximum Gasteiger partial charge on any atom is 0.227 e. The smallest absolute Gasteiger partial charge is 0.227 e. The Bertz CT molecular complexity index is 1160. The van der Waals surface area contributed by atoms with Crippen LogP contribution in [0, 0.1) is 5.82 Å². The molecule has 8 heteroatoms. The molecule has 30 heavy (non-hydrogen) atoms. The number of aromatic nitrogens is 3. The average Bonchev–Trinajstić information content (AvgIpc) is 3.15. The fourth-order valence-electron chi connectivity index (χ4n) is 3.92. The fraction of sp³-hybridized carbons (Fsp3) is 0.227. The van der Waals surface area contributed by atoms with Gasteiger partial charge in [0.2, 0.25) is 11.1 Å². The van der Waals surface area contributed by atoms with E-state index >= 15 is 0 Å². The quantitative estimate of drug-likeness (QED) is 0.605. The SMILES string of the molecule is O=C1CCCC2=C1[C@@H](c1ccc(O)cc1)n1nc(SCc3ccccc3F)nc1N2. The van der Waals surface area contributed by atoms with Crippen molar-refractivity contribution in [2.45, 2.75) is 36.2 Å². The molecule has 0 bridgehead atoms.